The maximum absolute atomic E-state index is 10.9. The minimum absolute atomic E-state index is 0.0490. The van der Waals surface area contributed by atoms with Crippen molar-refractivity contribution in [2.24, 2.45) is 0 Å². The third-order valence-electron chi connectivity index (χ3n) is 1.54. The molecule has 6 nitrogen and oxygen atoms in total. The highest BCUT2D eigenvalue weighted by Gasteiger charge is 2.12. The van der Waals surface area contributed by atoms with Gasteiger partial charge in [-0.15, -0.1) is 0 Å². The number of hydrogen-bond acceptors (Lipinski definition) is 5. The van der Waals surface area contributed by atoms with E-state index in [-0.39, 0.29) is 18.5 Å². The molecule has 1 rings (SSSR count). The number of aliphatic carboxylic acids is 1. The number of carbonyl (C=O) groups is 2. The summed E-state index contributed by atoms with van der Waals surface area (Å²) in [5.74, 6) is -1.18. The zero-order valence-corrected chi connectivity index (χ0v) is 7.52. The van der Waals surface area contributed by atoms with Gasteiger partial charge in [0.2, 0.25) is 0 Å². The van der Waals surface area contributed by atoms with Crippen LogP contribution < -0.4 is 0 Å². The third kappa shape index (κ3) is 2.58. The van der Waals surface area contributed by atoms with Gasteiger partial charge in [0.1, 0.15) is 5.76 Å². The smallest absolute Gasteiger partial charge is 0.360 e. The third-order valence-corrected chi connectivity index (χ3v) is 1.54. The molecule has 1 aromatic rings. The van der Waals surface area contributed by atoms with E-state index in [2.05, 4.69) is 9.89 Å². The second-order valence-corrected chi connectivity index (χ2v) is 2.56. The minimum atomic E-state index is -0.930. The topological polar surface area (TPSA) is 89.6 Å². The molecule has 0 aliphatic rings. The number of carboxylic acids is 1. The second-order valence-electron chi connectivity index (χ2n) is 2.56. The number of hydrogen-bond donors (Lipinski definition) is 1. The maximum atomic E-state index is 10.9. The highest BCUT2D eigenvalue weighted by molar-refractivity contribution is 5.86. The zero-order chi connectivity index (χ0) is 10.6. The van der Waals surface area contributed by atoms with Gasteiger partial charge in [-0.2, -0.15) is 0 Å². The Morgan fingerprint density at radius 1 is 1.64 bits per heavy atom. The first-order chi connectivity index (χ1) is 6.63. The number of carbonyl (C=O) groups excluding carboxylic acids is 1. The Morgan fingerprint density at radius 2 is 2.36 bits per heavy atom. The second kappa shape index (κ2) is 4.40. The zero-order valence-electron chi connectivity index (χ0n) is 7.52. The summed E-state index contributed by atoms with van der Waals surface area (Å²) in [4.78, 5) is 21.1. The standard InChI is InChI=1S/C8H9NO5/c1-13-8(12)6-4-5(14-9-6)2-3-7(10)11/h4H,2-3H2,1H3,(H,10,11). The fourth-order valence-corrected chi connectivity index (χ4v) is 0.862. The van der Waals surface area contributed by atoms with E-state index in [9.17, 15) is 9.59 Å². The van der Waals surface area contributed by atoms with Gasteiger partial charge in [-0.05, 0) is 0 Å². The monoisotopic (exact) mass is 199 g/mol. The van der Waals surface area contributed by atoms with Crippen LogP contribution in [0.25, 0.3) is 0 Å². The van der Waals surface area contributed by atoms with E-state index in [1.165, 1.54) is 13.2 Å². The molecular formula is C8H9NO5. The lowest BCUT2D eigenvalue weighted by atomic mass is 10.2. The van der Waals surface area contributed by atoms with Crippen molar-refractivity contribution in [3.63, 3.8) is 0 Å². The van der Waals surface area contributed by atoms with Crippen LogP contribution in [0, 0.1) is 0 Å². The molecule has 76 valence electrons. The summed E-state index contributed by atoms with van der Waals surface area (Å²) in [5.41, 5.74) is 0.0490. The van der Waals surface area contributed by atoms with Crippen LogP contribution in [-0.2, 0) is 16.0 Å². The van der Waals surface area contributed by atoms with Gasteiger partial charge in [0.25, 0.3) is 0 Å². The molecule has 0 aliphatic carbocycles. The number of ether oxygens (including phenoxy) is 1. The van der Waals surface area contributed by atoms with Gasteiger partial charge in [-0.1, -0.05) is 5.16 Å². The van der Waals surface area contributed by atoms with Crippen LogP contribution in [0.5, 0.6) is 0 Å². The van der Waals surface area contributed by atoms with Crippen LogP contribution in [0.4, 0.5) is 0 Å². The van der Waals surface area contributed by atoms with Crippen molar-refractivity contribution in [3.05, 3.63) is 17.5 Å². The Morgan fingerprint density at radius 3 is 2.93 bits per heavy atom. The Balaban J connectivity index is 2.59. The molecule has 6 heteroatoms. The lowest BCUT2D eigenvalue weighted by molar-refractivity contribution is -0.137. The number of rotatable bonds is 4. The molecule has 0 unspecified atom stereocenters. The summed E-state index contributed by atoms with van der Waals surface area (Å²) < 4.78 is 9.12. The van der Waals surface area contributed by atoms with E-state index in [1.54, 1.807) is 0 Å². The number of aromatic nitrogens is 1. The Kier molecular flexibility index (Phi) is 3.22. The molecule has 0 atom stereocenters. The molecule has 0 saturated heterocycles. The van der Waals surface area contributed by atoms with Crippen molar-refractivity contribution in [2.45, 2.75) is 12.8 Å². The molecule has 0 bridgehead atoms. The van der Waals surface area contributed by atoms with Crippen molar-refractivity contribution >= 4 is 11.9 Å². The van der Waals surface area contributed by atoms with Crippen molar-refractivity contribution in [2.75, 3.05) is 7.11 Å². The lowest BCUT2D eigenvalue weighted by Gasteiger charge is -1.89. The van der Waals surface area contributed by atoms with Gasteiger partial charge in [-0.3, -0.25) is 4.79 Å². The number of methoxy groups -OCH3 is 1. The summed E-state index contributed by atoms with van der Waals surface area (Å²) in [7, 11) is 1.23. The van der Waals surface area contributed by atoms with Crippen LogP contribution in [0.15, 0.2) is 10.6 Å². The first-order valence-corrected chi connectivity index (χ1v) is 3.89. The molecule has 0 saturated carbocycles. The summed E-state index contributed by atoms with van der Waals surface area (Å²) in [6, 6.07) is 1.37. The number of nitrogens with zero attached hydrogens (tertiary/aromatic N) is 1. The molecule has 1 N–H and O–H groups in total. The van der Waals surface area contributed by atoms with Crippen molar-refractivity contribution in [1.29, 1.82) is 0 Å². The molecule has 0 amide bonds. The van der Waals surface area contributed by atoms with E-state index in [0.29, 0.717) is 5.76 Å². The van der Waals surface area contributed by atoms with E-state index in [4.69, 9.17) is 9.63 Å². The van der Waals surface area contributed by atoms with E-state index in [1.807, 2.05) is 0 Å². The van der Waals surface area contributed by atoms with Gasteiger partial charge in [0.15, 0.2) is 5.69 Å². The first kappa shape index (κ1) is 10.2. The van der Waals surface area contributed by atoms with Crippen molar-refractivity contribution < 1.29 is 24.0 Å². The van der Waals surface area contributed by atoms with Crippen LogP contribution in [0.1, 0.15) is 22.7 Å². The average Bonchev–Trinajstić information content (AvgIpc) is 2.62. The van der Waals surface area contributed by atoms with E-state index >= 15 is 0 Å². The number of aryl methyl sites for hydroxylation is 1. The predicted molar refractivity (Wildman–Crippen MR) is 43.8 cm³/mol. The fourth-order valence-electron chi connectivity index (χ4n) is 0.862. The van der Waals surface area contributed by atoms with Crippen molar-refractivity contribution in [3.8, 4) is 0 Å². The summed E-state index contributed by atoms with van der Waals surface area (Å²) in [6.45, 7) is 0. The summed E-state index contributed by atoms with van der Waals surface area (Å²) in [6.07, 6.45) is 0.148. The molecule has 14 heavy (non-hydrogen) atoms. The van der Waals surface area contributed by atoms with Crippen LogP contribution in [0.2, 0.25) is 0 Å². The molecule has 0 aliphatic heterocycles. The Hall–Kier alpha value is -1.85. The molecule has 0 aromatic carbocycles. The number of carboxylic acid groups (broad SMARTS) is 1. The Labute approximate surface area is 79.5 Å². The molecule has 0 radical (unpaired) electrons. The summed E-state index contributed by atoms with van der Waals surface area (Å²) >= 11 is 0. The quantitative estimate of drug-likeness (QED) is 0.709. The van der Waals surface area contributed by atoms with E-state index in [0.717, 1.165) is 0 Å². The predicted octanol–water partition coefficient (Wildman–Crippen LogP) is 0.478. The lowest BCUT2D eigenvalue weighted by Crippen LogP contribution is -2.00. The molecule has 1 heterocycles. The van der Waals surface area contributed by atoms with Gasteiger partial charge in [-0.25, -0.2) is 4.79 Å². The normalized spacial score (nSPS) is 9.79. The minimum Gasteiger partial charge on any atom is -0.481 e. The summed E-state index contributed by atoms with van der Waals surface area (Å²) in [5, 5.41) is 11.8. The van der Waals surface area contributed by atoms with E-state index < -0.39 is 11.9 Å². The van der Waals surface area contributed by atoms with Crippen LogP contribution in [-0.4, -0.2) is 29.3 Å². The highest BCUT2D eigenvalue weighted by atomic mass is 16.5. The highest BCUT2D eigenvalue weighted by Crippen LogP contribution is 2.07. The molecular weight excluding hydrogens is 190 g/mol. The van der Waals surface area contributed by atoms with Crippen LogP contribution in [0.3, 0.4) is 0 Å². The molecule has 0 spiro atoms. The molecule has 0 fully saturated rings. The van der Waals surface area contributed by atoms with Gasteiger partial charge in [0, 0.05) is 12.5 Å². The van der Waals surface area contributed by atoms with Gasteiger partial charge < -0.3 is 14.4 Å². The van der Waals surface area contributed by atoms with Crippen LogP contribution >= 0.6 is 0 Å². The van der Waals surface area contributed by atoms with Gasteiger partial charge >= 0.3 is 11.9 Å². The number of esters is 1. The van der Waals surface area contributed by atoms with Gasteiger partial charge in [0.05, 0.1) is 13.5 Å². The fraction of sp³-hybridized carbons (Fsp3) is 0.375. The first-order valence-electron chi connectivity index (χ1n) is 3.89. The maximum Gasteiger partial charge on any atom is 0.360 e. The SMILES string of the molecule is COC(=O)c1cc(CCC(=O)O)on1. The molecule has 1 aromatic heterocycles. The average molecular weight is 199 g/mol. The van der Waals surface area contributed by atoms with Crippen molar-refractivity contribution in [1.82, 2.24) is 5.16 Å². The largest absolute Gasteiger partial charge is 0.481 e. The Bertz CT molecular complexity index is 343.